The average Bonchev–Trinajstić information content (AvgIpc) is 3.15. The van der Waals surface area contributed by atoms with Gasteiger partial charge in [-0.2, -0.15) is 0 Å². The third-order valence-electron chi connectivity index (χ3n) is 3.72. The van der Waals surface area contributed by atoms with Gasteiger partial charge in [-0.1, -0.05) is 0 Å². The van der Waals surface area contributed by atoms with Gasteiger partial charge < -0.3 is 5.32 Å². The van der Waals surface area contributed by atoms with Crippen LogP contribution in [-0.2, 0) is 16.6 Å². The Bertz CT molecular complexity index is 538. The second-order valence-electron chi connectivity index (χ2n) is 5.34. The van der Waals surface area contributed by atoms with Gasteiger partial charge in [-0.25, -0.2) is 13.1 Å². The lowest BCUT2D eigenvalue weighted by atomic mass is 10.3. The van der Waals surface area contributed by atoms with Crippen LogP contribution in [0.5, 0.6) is 0 Å². The van der Waals surface area contributed by atoms with Gasteiger partial charge in [-0.15, -0.1) is 11.3 Å². The molecule has 0 saturated heterocycles. The van der Waals surface area contributed by atoms with Crippen LogP contribution in [-0.4, -0.2) is 46.0 Å². The molecule has 0 bridgehead atoms. The summed E-state index contributed by atoms with van der Waals surface area (Å²) in [6, 6.07) is 2.52. The third kappa shape index (κ3) is 3.79. The summed E-state index contributed by atoms with van der Waals surface area (Å²) in [6.45, 7) is 3.08. The van der Waals surface area contributed by atoms with Gasteiger partial charge in [0, 0.05) is 30.1 Å². The average molecular weight is 317 g/mol. The normalized spacial score (nSPS) is 17.6. The lowest BCUT2D eigenvalue weighted by Gasteiger charge is -2.24. The highest BCUT2D eigenvalue weighted by atomic mass is 32.2. The molecule has 1 aliphatic rings. The minimum atomic E-state index is -3.41. The minimum absolute atomic E-state index is 0.212. The molecule has 20 heavy (non-hydrogen) atoms. The Kier molecular flexibility index (Phi) is 5.19. The molecule has 0 amide bonds. The largest absolute Gasteiger partial charge is 0.315 e. The summed E-state index contributed by atoms with van der Waals surface area (Å²) >= 11 is 1.46. The molecule has 7 heteroatoms. The topological polar surface area (TPSA) is 61.4 Å². The van der Waals surface area contributed by atoms with Crippen LogP contribution < -0.4 is 10.0 Å². The maximum atomic E-state index is 12.4. The first-order valence-corrected chi connectivity index (χ1v) is 9.24. The number of rotatable bonds is 8. The van der Waals surface area contributed by atoms with E-state index in [1.807, 2.05) is 12.4 Å². The quantitative estimate of drug-likeness (QED) is 0.757. The van der Waals surface area contributed by atoms with E-state index in [4.69, 9.17) is 0 Å². The summed E-state index contributed by atoms with van der Waals surface area (Å²) in [5, 5.41) is 4.82. The highest BCUT2D eigenvalue weighted by Gasteiger charge is 2.30. The van der Waals surface area contributed by atoms with Crippen molar-refractivity contribution in [2.75, 3.05) is 20.6 Å². The minimum Gasteiger partial charge on any atom is -0.315 e. The maximum Gasteiger partial charge on any atom is 0.241 e. The molecular formula is C13H23N3O2S2. The van der Waals surface area contributed by atoms with Gasteiger partial charge in [0.1, 0.15) is 0 Å². The summed E-state index contributed by atoms with van der Waals surface area (Å²) in [5.41, 5.74) is 0. The summed E-state index contributed by atoms with van der Waals surface area (Å²) < 4.78 is 27.4. The lowest BCUT2D eigenvalue weighted by Crippen LogP contribution is -2.41. The Labute approximate surface area is 125 Å². The Morgan fingerprint density at radius 1 is 1.50 bits per heavy atom. The first-order valence-electron chi connectivity index (χ1n) is 6.88. The smallest absolute Gasteiger partial charge is 0.241 e. The van der Waals surface area contributed by atoms with Crippen molar-refractivity contribution >= 4 is 21.4 Å². The third-order valence-corrected chi connectivity index (χ3v) is 6.28. The Balaban J connectivity index is 1.97. The van der Waals surface area contributed by atoms with E-state index in [0.29, 0.717) is 24.0 Å². The number of nitrogens with zero attached hydrogens (tertiary/aromatic N) is 1. The highest BCUT2D eigenvalue weighted by Crippen LogP contribution is 2.27. The van der Waals surface area contributed by atoms with Gasteiger partial charge >= 0.3 is 0 Å². The number of hydrogen-bond acceptors (Lipinski definition) is 5. The highest BCUT2D eigenvalue weighted by molar-refractivity contribution is 7.89. The molecular weight excluding hydrogens is 294 g/mol. The van der Waals surface area contributed by atoms with Gasteiger partial charge in [0.2, 0.25) is 10.0 Å². The van der Waals surface area contributed by atoms with Crippen molar-refractivity contribution in [3.05, 3.63) is 16.3 Å². The molecule has 1 atom stereocenters. The van der Waals surface area contributed by atoms with Crippen molar-refractivity contribution in [3.63, 3.8) is 0 Å². The summed E-state index contributed by atoms with van der Waals surface area (Å²) in [7, 11) is 0.469. The molecule has 1 saturated carbocycles. The van der Waals surface area contributed by atoms with Crippen molar-refractivity contribution in [1.29, 1.82) is 0 Å². The van der Waals surface area contributed by atoms with E-state index in [1.165, 1.54) is 24.2 Å². The molecule has 1 aromatic rings. The first kappa shape index (κ1) is 15.9. The molecule has 1 aromatic heterocycles. The Morgan fingerprint density at radius 3 is 2.80 bits per heavy atom. The van der Waals surface area contributed by atoms with E-state index in [2.05, 4.69) is 28.9 Å². The Hall–Kier alpha value is -0.470. The zero-order valence-corrected chi connectivity index (χ0v) is 13.9. The molecule has 1 heterocycles. The van der Waals surface area contributed by atoms with Gasteiger partial charge in [0.15, 0.2) is 0 Å². The molecule has 0 radical (unpaired) electrons. The van der Waals surface area contributed by atoms with Crippen LogP contribution in [0.2, 0.25) is 0 Å². The molecule has 1 unspecified atom stereocenters. The molecule has 2 rings (SSSR count). The molecule has 0 spiro atoms. The first-order chi connectivity index (χ1) is 9.45. The summed E-state index contributed by atoms with van der Waals surface area (Å²) in [6.07, 6.45) is 2.45. The number of hydrogen-bond donors (Lipinski definition) is 2. The lowest BCUT2D eigenvalue weighted by molar-refractivity contribution is 0.248. The standard InChI is InChI=1S/C13H23N3O2S2/c1-10(16(3)11-4-5-11)8-15-20(17,18)13-6-7-19-12(13)9-14-2/h6-7,10-11,14-15H,4-5,8-9H2,1-3H3. The van der Waals surface area contributed by atoms with Gasteiger partial charge in [-0.05, 0) is 45.3 Å². The number of sulfonamides is 1. The van der Waals surface area contributed by atoms with E-state index in [-0.39, 0.29) is 6.04 Å². The molecule has 2 N–H and O–H groups in total. The second-order valence-corrected chi connectivity index (χ2v) is 8.07. The molecule has 1 fully saturated rings. The fourth-order valence-electron chi connectivity index (χ4n) is 2.15. The van der Waals surface area contributed by atoms with Crippen LogP contribution in [0.15, 0.2) is 16.3 Å². The van der Waals surface area contributed by atoms with Crippen molar-refractivity contribution in [1.82, 2.24) is 14.9 Å². The van der Waals surface area contributed by atoms with Crippen LogP contribution in [0.4, 0.5) is 0 Å². The molecule has 0 aliphatic heterocycles. The molecule has 0 aromatic carbocycles. The van der Waals surface area contributed by atoms with Gasteiger partial charge in [-0.3, -0.25) is 4.90 Å². The molecule has 114 valence electrons. The van der Waals surface area contributed by atoms with Gasteiger partial charge in [0.25, 0.3) is 0 Å². The molecule has 5 nitrogen and oxygen atoms in total. The summed E-state index contributed by atoms with van der Waals surface area (Å²) in [5.74, 6) is 0. The number of nitrogens with one attached hydrogen (secondary N) is 2. The predicted octanol–water partition coefficient (Wildman–Crippen LogP) is 1.23. The Morgan fingerprint density at radius 2 is 2.20 bits per heavy atom. The van der Waals surface area contributed by atoms with E-state index >= 15 is 0 Å². The zero-order valence-electron chi connectivity index (χ0n) is 12.2. The summed E-state index contributed by atoms with van der Waals surface area (Å²) in [4.78, 5) is 3.51. The van der Waals surface area contributed by atoms with E-state index in [0.717, 1.165) is 4.88 Å². The second kappa shape index (κ2) is 6.53. The van der Waals surface area contributed by atoms with Crippen molar-refractivity contribution in [2.24, 2.45) is 0 Å². The monoisotopic (exact) mass is 317 g/mol. The van der Waals surface area contributed by atoms with E-state index in [9.17, 15) is 8.42 Å². The van der Waals surface area contributed by atoms with Crippen LogP contribution in [0.25, 0.3) is 0 Å². The SMILES string of the molecule is CNCc1sccc1S(=O)(=O)NCC(C)N(C)C1CC1. The van der Waals surface area contributed by atoms with Crippen LogP contribution >= 0.6 is 11.3 Å². The van der Waals surface area contributed by atoms with E-state index in [1.54, 1.807) is 6.07 Å². The zero-order chi connectivity index (χ0) is 14.8. The van der Waals surface area contributed by atoms with Crippen molar-refractivity contribution in [3.8, 4) is 0 Å². The number of likely N-dealkylation sites (N-methyl/N-ethyl adjacent to an activating group) is 1. The van der Waals surface area contributed by atoms with Crippen LogP contribution in [0.3, 0.4) is 0 Å². The number of thiophene rings is 1. The van der Waals surface area contributed by atoms with E-state index < -0.39 is 10.0 Å². The van der Waals surface area contributed by atoms with Crippen LogP contribution in [0, 0.1) is 0 Å². The fraction of sp³-hybridized carbons (Fsp3) is 0.692. The molecule has 1 aliphatic carbocycles. The maximum absolute atomic E-state index is 12.4. The predicted molar refractivity (Wildman–Crippen MR) is 82.5 cm³/mol. The van der Waals surface area contributed by atoms with Crippen LogP contribution in [0.1, 0.15) is 24.6 Å². The van der Waals surface area contributed by atoms with Crippen molar-refractivity contribution in [2.45, 2.75) is 43.3 Å². The fourth-order valence-corrected chi connectivity index (χ4v) is 4.73. The van der Waals surface area contributed by atoms with Gasteiger partial charge in [0.05, 0.1) is 4.90 Å². The van der Waals surface area contributed by atoms with Crippen molar-refractivity contribution < 1.29 is 8.42 Å².